The van der Waals surface area contributed by atoms with E-state index in [4.69, 9.17) is 4.84 Å². The monoisotopic (exact) mass is 248 g/mol. The highest BCUT2D eigenvalue weighted by Crippen LogP contribution is 2.04. The molecule has 0 saturated heterocycles. The van der Waals surface area contributed by atoms with Crippen LogP contribution in [0.15, 0.2) is 0 Å². The average Bonchev–Trinajstić information content (AvgIpc) is 2.27. The Hall–Kier alpha value is -0.260. The Kier molecular flexibility index (Phi) is 8.70. The number of rotatable bonds is 8. The summed E-state index contributed by atoms with van der Waals surface area (Å²) in [6.45, 7) is 5.11. The van der Waals surface area contributed by atoms with Crippen molar-refractivity contribution in [1.82, 2.24) is 10.4 Å². The molecule has 0 fully saturated rings. The van der Waals surface area contributed by atoms with E-state index >= 15 is 0 Å². The number of likely N-dealkylation sites (N-methyl/N-ethyl adjacent to an activating group) is 1. The van der Waals surface area contributed by atoms with Crippen LogP contribution >= 0.6 is 11.8 Å². The molecule has 0 saturated carbocycles. The summed E-state index contributed by atoms with van der Waals surface area (Å²) in [6.07, 6.45) is 2.88. The van der Waals surface area contributed by atoms with Crippen molar-refractivity contribution in [3.05, 3.63) is 0 Å². The fraction of sp³-hybridized carbons (Fsp3) is 0.909. The van der Waals surface area contributed by atoms with Crippen LogP contribution in [0.3, 0.4) is 0 Å². The number of nitrogens with zero attached hydrogens (tertiary/aromatic N) is 1. The molecule has 0 radical (unpaired) electrons. The van der Waals surface area contributed by atoms with E-state index in [9.17, 15) is 4.79 Å². The molecule has 1 amide bonds. The van der Waals surface area contributed by atoms with E-state index in [1.165, 1.54) is 12.2 Å². The summed E-state index contributed by atoms with van der Waals surface area (Å²) in [6, 6.07) is -0.139. The van der Waals surface area contributed by atoms with Crippen LogP contribution in [0.2, 0.25) is 0 Å². The molecule has 1 atom stereocenters. The van der Waals surface area contributed by atoms with E-state index in [2.05, 4.69) is 19.2 Å². The van der Waals surface area contributed by atoms with Crippen molar-refractivity contribution < 1.29 is 9.63 Å². The molecule has 0 aliphatic carbocycles. The third-order valence-corrected chi connectivity index (χ3v) is 2.91. The van der Waals surface area contributed by atoms with Crippen LogP contribution in [0.5, 0.6) is 0 Å². The first-order valence-electron chi connectivity index (χ1n) is 5.56. The quantitative estimate of drug-likeness (QED) is 0.659. The van der Waals surface area contributed by atoms with Gasteiger partial charge < -0.3 is 5.32 Å². The summed E-state index contributed by atoms with van der Waals surface area (Å²) < 4.78 is 0. The summed E-state index contributed by atoms with van der Waals surface area (Å²) in [4.78, 5) is 16.8. The molecule has 0 unspecified atom stereocenters. The topological polar surface area (TPSA) is 41.6 Å². The zero-order chi connectivity index (χ0) is 12.6. The number of hydroxylamine groups is 2. The molecule has 0 aromatic rings. The van der Waals surface area contributed by atoms with E-state index in [1.807, 2.05) is 6.26 Å². The van der Waals surface area contributed by atoms with E-state index < -0.39 is 0 Å². The molecule has 1 N–H and O–H groups in total. The number of thioether (sulfide) groups is 1. The van der Waals surface area contributed by atoms with Crippen LogP contribution in [0, 0.1) is 5.92 Å². The van der Waals surface area contributed by atoms with Crippen molar-refractivity contribution in [2.24, 2.45) is 5.92 Å². The Bertz CT molecular complexity index is 200. The summed E-state index contributed by atoms with van der Waals surface area (Å²) in [5, 5.41) is 4.57. The molecular weight excluding hydrogens is 224 g/mol. The Morgan fingerprint density at radius 3 is 2.56 bits per heavy atom. The van der Waals surface area contributed by atoms with Gasteiger partial charge in [-0.15, -0.1) is 0 Å². The lowest BCUT2D eigenvalue weighted by Crippen LogP contribution is -2.46. The lowest BCUT2D eigenvalue weighted by Gasteiger charge is -2.23. The second kappa shape index (κ2) is 8.84. The average molecular weight is 248 g/mol. The van der Waals surface area contributed by atoms with Crippen LogP contribution in [0.4, 0.5) is 0 Å². The Morgan fingerprint density at radius 1 is 1.50 bits per heavy atom. The largest absolute Gasteiger partial charge is 0.306 e. The van der Waals surface area contributed by atoms with Crippen molar-refractivity contribution in [2.45, 2.75) is 26.3 Å². The molecular formula is C11H24N2O2S. The molecule has 0 bridgehead atoms. The summed E-state index contributed by atoms with van der Waals surface area (Å²) >= 11 is 1.75. The van der Waals surface area contributed by atoms with Crippen molar-refractivity contribution in [2.75, 3.05) is 32.7 Å². The van der Waals surface area contributed by atoms with Gasteiger partial charge >= 0.3 is 0 Å². The molecule has 0 aromatic heterocycles. The van der Waals surface area contributed by atoms with Gasteiger partial charge in [0, 0.05) is 7.05 Å². The Morgan fingerprint density at radius 2 is 2.12 bits per heavy atom. The molecule has 0 spiro atoms. The van der Waals surface area contributed by atoms with Gasteiger partial charge in [-0.05, 0) is 30.9 Å². The maximum Gasteiger partial charge on any atom is 0.262 e. The molecule has 0 aliphatic heterocycles. The van der Waals surface area contributed by atoms with Crippen LogP contribution in [-0.2, 0) is 9.63 Å². The maximum atomic E-state index is 11.9. The third kappa shape index (κ3) is 6.35. The van der Waals surface area contributed by atoms with Gasteiger partial charge in [-0.25, -0.2) is 5.06 Å². The molecule has 4 nitrogen and oxygen atoms in total. The van der Waals surface area contributed by atoms with Gasteiger partial charge in [0.05, 0.1) is 13.2 Å². The van der Waals surface area contributed by atoms with E-state index in [0.29, 0.717) is 5.92 Å². The van der Waals surface area contributed by atoms with E-state index in [0.717, 1.165) is 18.7 Å². The van der Waals surface area contributed by atoms with Crippen molar-refractivity contribution >= 4 is 17.7 Å². The molecule has 5 heteroatoms. The van der Waals surface area contributed by atoms with Crippen LogP contribution in [-0.4, -0.2) is 49.7 Å². The van der Waals surface area contributed by atoms with Gasteiger partial charge in [0.25, 0.3) is 5.91 Å². The minimum Gasteiger partial charge on any atom is -0.306 e. The zero-order valence-corrected chi connectivity index (χ0v) is 11.8. The van der Waals surface area contributed by atoms with E-state index in [1.54, 1.807) is 18.8 Å². The fourth-order valence-electron chi connectivity index (χ4n) is 1.24. The van der Waals surface area contributed by atoms with Crippen LogP contribution in [0.25, 0.3) is 0 Å². The summed E-state index contributed by atoms with van der Waals surface area (Å²) in [5.74, 6) is 1.51. The van der Waals surface area contributed by atoms with Gasteiger partial charge in [0.2, 0.25) is 0 Å². The highest BCUT2D eigenvalue weighted by molar-refractivity contribution is 7.98. The smallest absolute Gasteiger partial charge is 0.262 e. The van der Waals surface area contributed by atoms with Crippen molar-refractivity contribution in [3.63, 3.8) is 0 Å². The molecule has 16 heavy (non-hydrogen) atoms. The number of carbonyl (C=O) groups is 1. The second-order valence-electron chi connectivity index (χ2n) is 4.15. The maximum absolute atomic E-state index is 11.9. The van der Waals surface area contributed by atoms with E-state index in [-0.39, 0.29) is 11.9 Å². The third-order valence-electron chi connectivity index (χ3n) is 2.27. The number of carbonyl (C=O) groups excluding carboxylic acids is 1. The standard InChI is InChI=1S/C11H24N2O2S/c1-9(2)8-12-10(6-7-16-5)11(14)13(3)15-4/h9-10,12H,6-8H2,1-5H3/t10-/m0/s1. The highest BCUT2D eigenvalue weighted by atomic mass is 32.2. The van der Waals surface area contributed by atoms with Crippen LogP contribution in [0.1, 0.15) is 20.3 Å². The number of hydrogen-bond acceptors (Lipinski definition) is 4. The zero-order valence-electron chi connectivity index (χ0n) is 10.9. The number of hydrogen-bond donors (Lipinski definition) is 1. The molecule has 0 aromatic carbocycles. The van der Waals surface area contributed by atoms with Crippen molar-refractivity contribution in [1.29, 1.82) is 0 Å². The Balaban J connectivity index is 4.22. The number of amides is 1. The van der Waals surface area contributed by atoms with Gasteiger partial charge in [0.15, 0.2) is 0 Å². The second-order valence-corrected chi connectivity index (χ2v) is 5.14. The first-order chi connectivity index (χ1) is 7.52. The highest BCUT2D eigenvalue weighted by Gasteiger charge is 2.21. The SMILES string of the molecule is CON(C)C(=O)[C@H](CCSC)NCC(C)C. The molecule has 0 rings (SSSR count). The first kappa shape index (κ1) is 15.7. The minimum atomic E-state index is -0.139. The predicted octanol–water partition coefficient (Wildman–Crippen LogP) is 1.37. The van der Waals surface area contributed by atoms with Gasteiger partial charge in [-0.2, -0.15) is 11.8 Å². The van der Waals surface area contributed by atoms with Crippen LogP contribution < -0.4 is 5.32 Å². The summed E-state index contributed by atoms with van der Waals surface area (Å²) in [7, 11) is 3.15. The fourth-order valence-corrected chi connectivity index (χ4v) is 1.71. The number of nitrogens with one attached hydrogen (secondary N) is 1. The normalized spacial score (nSPS) is 12.9. The van der Waals surface area contributed by atoms with Gasteiger partial charge in [-0.1, -0.05) is 13.8 Å². The lowest BCUT2D eigenvalue weighted by molar-refractivity contribution is -0.171. The van der Waals surface area contributed by atoms with Crippen molar-refractivity contribution in [3.8, 4) is 0 Å². The summed E-state index contributed by atoms with van der Waals surface area (Å²) in [5.41, 5.74) is 0. The minimum absolute atomic E-state index is 0.00259. The van der Waals surface area contributed by atoms with Gasteiger partial charge in [-0.3, -0.25) is 9.63 Å². The Labute approximate surface area is 103 Å². The van der Waals surface area contributed by atoms with Gasteiger partial charge in [0.1, 0.15) is 0 Å². The predicted molar refractivity (Wildman–Crippen MR) is 69.4 cm³/mol. The lowest BCUT2D eigenvalue weighted by atomic mass is 10.1. The molecule has 0 heterocycles. The first-order valence-corrected chi connectivity index (χ1v) is 6.96. The molecule has 0 aliphatic rings. The molecule has 96 valence electrons.